The number of hydrogen-bond donors (Lipinski definition) is 1. The highest BCUT2D eigenvalue weighted by atomic mass is 16.3. The molecule has 0 saturated heterocycles. The molecule has 1 amide bonds. The number of carbonyl (C=O) groups excluding carboxylic acids is 2. The summed E-state index contributed by atoms with van der Waals surface area (Å²) in [5.41, 5.74) is 3.83. The van der Waals surface area contributed by atoms with Crippen molar-refractivity contribution >= 4 is 34.0 Å². The number of aryl methyl sites for hydroxylation is 1. The summed E-state index contributed by atoms with van der Waals surface area (Å²) in [6, 6.07) is 23.2. The number of ketones is 1. The summed E-state index contributed by atoms with van der Waals surface area (Å²) in [6.07, 6.45) is 0. The molecule has 0 spiro atoms. The van der Waals surface area contributed by atoms with Crippen LogP contribution in [0.2, 0.25) is 0 Å². The maximum atomic E-state index is 13.7. The number of Topliss-reactive ketones (excluding diaryl/α,β-unsaturated/α-hetero) is 1. The van der Waals surface area contributed by atoms with Crippen molar-refractivity contribution in [2.75, 3.05) is 23.9 Å². The minimum absolute atomic E-state index is 0.00293. The van der Waals surface area contributed by atoms with Gasteiger partial charge in [-0.15, -0.1) is 0 Å². The molecule has 1 aliphatic rings. The molecule has 1 N–H and O–H groups in total. The maximum absolute atomic E-state index is 13.7. The number of benzene rings is 3. The van der Waals surface area contributed by atoms with Gasteiger partial charge in [0.15, 0.2) is 11.5 Å². The zero-order valence-electron chi connectivity index (χ0n) is 19.1. The van der Waals surface area contributed by atoms with E-state index in [-0.39, 0.29) is 11.3 Å². The number of anilines is 2. The number of aliphatic hydroxyl groups is 1. The number of para-hydroxylation sites is 1. The van der Waals surface area contributed by atoms with Crippen molar-refractivity contribution in [2.24, 2.45) is 0 Å². The summed E-state index contributed by atoms with van der Waals surface area (Å²) in [4.78, 5) is 30.4. The Hall–Kier alpha value is -4.32. The molecular formula is C28H24N2O4. The van der Waals surface area contributed by atoms with Crippen LogP contribution in [-0.2, 0) is 4.79 Å². The Bertz CT molecular complexity index is 1410. The Balaban J connectivity index is 1.66. The molecule has 1 aromatic heterocycles. The van der Waals surface area contributed by atoms with E-state index in [2.05, 4.69) is 0 Å². The summed E-state index contributed by atoms with van der Waals surface area (Å²) in [6.45, 7) is 1.93. The first-order valence-corrected chi connectivity index (χ1v) is 11.0. The van der Waals surface area contributed by atoms with E-state index in [9.17, 15) is 14.7 Å². The molecule has 4 aromatic rings. The normalized spacial score (nSPS) is 15.9. The van der Waals surface area contributed by atoms with Gasteiger partial charge in [-0.1, -0.05) is 42.5 Å². The zero-order chi connectivity index (χ0) is 24.0. The Morgan fingerprint density at radius 3 is 2.38 bits per heavy atom. The first kappa shape index (κ1) is 21.5. The lowest BCUT2D eigenvalue weighted by Crippen LogP contribution is -2.31. The van der Waals surface area contributed by atoms with Crippen molar-refractivity contribution in [3.63, 3.8) is 0 Å². The molecule has 2 heterocycles. The third kappa shape index (κ3) is 3.53. The molecule has 5 rings (SSSR count). The van der Waals surface area contributed by atoms with Crippen LogP contribution in [0.1, 0.15) is 27.7 Å². The Morgan fingerprint density at radius 2 is 1.71 bits per heavy atom. The fraction of sp³-hybridized carbons (Fsp3) is 0.143. The minimum Gasteiger partial charge on any atom is -0.503 e. The maximum Gasteiger partial charge on any atom is 0.294 e. The molecule has 170 valence electrons. The van der Waals surface area contributed by atoms with Gasteiger partial charge < -0.3 is 14.4 Å². The average molecular weight is 453 g/mol. The number of amides is 1. The van der Waals surface area contributed by atoms with Crippen LogP contribution in [0.4, 0.5) is 11.4 Å². The molecule has 6 heteroatoms. The van der Waals surface area contributed by atoms with E-state index in [1.807, 2.05) is 86.6 Å². The van der Waals surface area contributed by atoms with Gasteiger partial charge in [0.2, 0.25) is 5.78 Å². The predicted molar refractivity (Wildman–Crippen MR) is 132 cm³/mol. The number of furan rings is 1. The van der Waals surface area contributed by atoms with Gasteiger partial charge >= 0.3 is 0 Å². The second-order valence-electron chi connectivity index (χ2n) is 8.64. The highest BCUT2D eigenvalue weighted by Gasteiger charge is 2.45. The van der Waals surface area contributed by atoms with E-state index < -0.39 is 23.5 Å². The molecule has 1 atom stereocenters. The zero-order valence-corrected chi connectivity index (χ0v) is 19.1. The number of hydrogen-bond acceptors (Lipinski definition) is 5. The van der Waals surface area contributed by atoms with E-state index >= 15 is 0 Å². The molecule has 1 aliphatic heterocycles. The summed E-state index contributed by atoms with van der Waals surface area (Å²) in [5, 5.41) is 11.7. The largest absolute Gasteiger partial charge is 0.503 e. The van der Waals surface area contributed by atoms with E-state index in [4.69, 9.17) is 4.42 Å². The smallest absolute Gasteiger partial charge is 0.294 e. The van der Waals surface area contributed by atoms with Crippen LogP contribution in [-0.4, -0.2) is 30.9 Å². The van der Waals surface area contributed by atoms with Gasteiger partial charge in [-0.2, -0.15) is 0 Å². The number of fused-ring (bicyclic) bond motifs is 1. The van der Waals surface area contributed by atoms with Crippen molar-refractivity contribution in [2.45, 2.75) is 13.0 Å². The van der Waals surface area contributed by atoms with E-state index in [1.54, 1.807) is 18.2 Å². The van der Waals surface area contributed by atoms with E-state index in [1.165, 1.54) is 4.90 Å². The molecule has 3 aromatic carbocycles. The lowest BCUT2D eigenvalue weighted by Gasteiger charge is -2.27. The van der Waals surface area contributed by atoms with Gasteiger partial charge in [0.05, 0.1) is 11.6 Å². The van der Waals surface area contributed by atoms with E-state index in [0.717, 1.165) is 16.6 Å². The van der Waals surface area contributed by atoms with Crippen LogP contribution in [0.25, 0.3) is 11.0 Å². The van der Waals surface area contributed by atoms with Crippen LogP contribution in [0.3, 0.4) is 0 Å². The first-order valence-electron chi connectivity index (χ1n) is 11.0. The summed E-state index contributed by atoms with van der Waals surface area (Å²) in [7, 11) is 3.88. The molecule has 0 radical (unpaired) electrons. The fourth-order valence-electron chi connectivity index (χ4n) is 4.38. The molecule has 0 fully saturated rings. The van der Waals surface area contributed by atoms with Crippen molar-refractivity contribution in [1.29, 1.82) is 0 Å². The number of rotatable bonds is 5. The predicted octanol–water partition coefficient (Wildman–Crippen LogP) is 5.59. The molecule has 0 aliphatic carbocycles. The molecule has 0 bridgehead atoms. The molecule has 34 heavy (non-hydrogen) atoms. The number of nitrogens with zero attached hydrogens (tertiary/aromatic N) is 2. The lowest BCUT2D eigenvalue weighted by atomic mass is 9.94. The molecule has 1 unspecified atom stereocenters. The monoisotopic (exact) mass is 452 g/mol. The Kier molecular flexibility index (Phi) is 5.21. The van der Waals surface area contributed by atoms with Crippen molar-refractivity contribution < 1.29 is 19.1 Å². The van der Waals surface area contributed by atoms with Crippen LogP contribution < -0.4 is 9.80 Å². The Labute approximate surface area is 197 Å². The van der Waals surface area contributed by atoms with Crippen LogP contribution in [0, 0.1) is 6.92 Å². The van der Waals surface area contributed by atoms with Gasteiger partial charge in [-0.25, -0.2) is 0 Å². The van der Waals surface area contributed by atoms with Gasteiger partial charge in [0.1, 0.15) is 5.58 Å². The second kappa shape index (κ2) is 8.23. The van der Waals surface area contributed by atoms with Gasteiger partial charge in [0.25, 0.3) is 5.91 Å². The second-order valence-corrected chi connectivity index (χ2v) is 8.64. The fourth-order valence-corrected chi connectivity index (χ4v) is 4.38. The number of aliphatic hydroxyl groups excluding tert-OH is 1. The Morgan fingerprint density at radius 1 is 0.971 bits per heavy atom. The molecule has 0 saturated carbocycles. The van der Waals surface area contributed by atoms with Crippen LogP contribution in [0.5, 0.6) is 0 Å². The van der Waals surface area contributed by atoms with Crippen LogP contribution >= 0.6 is 0 Å². The quantitative estimate of drug-likeness (QED) is 0.400. The third-order valence-corrected chi connectivity index (χ3v) is 6.11. The van der Waals surface area contributed by atoms with Crippen molar-refractivity contribution in [1.82, 2.24) is 0 Å². The highest BCUT2D eigenvalue weighted by molar-refractivity contribution is 6.20. The van der Waals surface area contributed by atoms with Gasteiger partial charge in [-0.3, -0.25) is 14.5 Å². The van der Waals surface area contributed by atoms with Crippen molar-refractivity contribution in [3.05, 3.63) is 107 Å². The highest BCUT2D eigenvalue weighted by Crippen LogP contribution is 2.42. The third-order valence-electron chi connectivity index (χ3n) is 6.11. The number of carbonyl (C=O) groups is 2. The minimum atomic E-state index is -0.800. The molecule has 6 nitrogen and oxygen atoms in total. The topological polar surface area (TPSA) is 74.0 Å². The summed E-state index contributed by atoms with van der Waals surface area (Å²) >= 11 is 0. The van der Waals surface area contributed by atoms with Crippen LogP contribution in [0.15, 0.2) is 94.6 Å². The van der Waals surface area contributed by atoms with Crippen molar-refractivity contribution in [3.8, 4) is 0 Å². The first-order chi connectivity index (χ1) is 16.3. The standard InChI is InChI=1S/C28H24N2O4/c1-17-7-6-9-21(15-17)30-25(18-11-13-20(14-12-18)29(2)3)24(27(32)28(30)33)26(31)23-16-19-8-4-5-10-22(19)34-23/h4-16,25,32H,1-3H3. The van der Waals surface area contributed by atoms with E-state index in [0.29, 0.717) is 16.8 Å². The van der Waals surface area contributed by atoms with Gasteiger partial charge in [0, 0.05) is 30.9 Å². The summed E-state index contributed by atoms with van der Waals surface area (Å²) < 4.78 is 5.79. The average Bonchev–Trinajstić information content (AvgIpc) is 3.38. The SMILES string of the molecule is Cc1cccc(N2C(=O)C(O)=C(C(=O)c3cc4ccccc4o3)C2c2ccc(N(C)C)cc2)c1. The molecular weight excluding hydrogens is 428 g/mol. The lowest BCUT2D eigenvalue weighted by molar-refractivity contribution is -0.117. The van der Waals surface area contributed by atoms with Gasteiger partial charge in [-0.05, 0) is 54.4 Å². The summed E-state index contributed by atoms with van der Waals surface area (Å²) in [5.74, 6) is -1.61.